The van der Waals surface area contributed by atoms with Gasteiger partial charge in [-0.05, 0) is 79.2 Å². The Morgan fingerprint density at radius 1 is 0.850 bits per heavy atom. The van der Waals surface area contributed by atoms with Gasteiger partial charge in [0.1, 0.15) is 5.75 Å². The van der Waals surface area contributed by atoms with E-state index < -0.39 is 12.1 Å². The summed E-state index contributed by atoms with van der Waals surface area (Å²) >= 11 is 5.90. The van der Waals surface area contributed by atoms with Gasteiger partial charge in [-0.2, -0.15) is 13.2 Å². The van der Waals surface area contributed by atoms with Crippen molar-refractivity contribution in [3.63, 3.8) is 0 Å². The van der Waals surface area contributed by atoms with Crippen LogP contribution in [0, 0.1) is 0 Å². The summed E-state index contributed by atoms with van der Waals surface area (Å²) in [5.41, 5.74) is 3.92. The predicted molar refractivity (Wildman–Crippen MR) is 148 cm³/mol. The number of amides is 1. The number of carboxylic acid groups (broad SMARTS) is 1. The summed E-state index contributed by atoms with van der Waals surface area (Å²) in [6.07, 6.45) is -3.93. The quantitative estimate of drug-likeness (QED) is 0.362. The molecule has 0 saturated carbocycles. The van der Waals surface area contributed by atoms with Crippen LogP contribution in [0.5, 0.6) is 5.75 Å². The van der Waals surface area contributed by atoms with E-state index in [2.05, 4.69) is 39.4 Å². The predicted octanol–water partition coefficient (Wildman–Crippen LogP) is 5.94. The number of nitrogens with zero attached hydrogens (tertiary/aromatic N) is 2. The van der Waals surface area contributed by atoms with Gasteiger partial charge in [-0.3, -0.25) is 14.6 Å². The van der Waals surface area contributed by atoms with Crippen molar-refractivity contribution in [3.8, 4) is 5.75 Å². The Balaban J connectivity index is 0.000000559. The molecule has 0 aliphatic carbocycles. The lowest BCUT2D eigenvalue weighted by atomic mass is 10.1. The highest BCUT2D eigenvalue weighted by atomic mass is 35.5. The Morgan fingerprint density at radius 3 is 1.77 bits per heavy atom. The minimum Gasteiger partial charge on any atom is -0.497 e. The first-order valence-electron chi connectivity index (χ1n) is 12.6. The number of nitrogens with one attached hydrogen (secondary N) is 1. The molecule has 214 valence electrons. The summed E-state index contributed by atoms with van der Waals surface area (Å²) in [6.45, 7) is 6.14. The minimum atomic E-state index is -5.08. The molecule has 3 aromatic rings. The van der Waals surface area contributed by atoms with Gasteiger partial charge in [0, 0.05) is 42.5 Å². The summed E-state index contributed by atoms with van der Waals surface area (Å²) in [6, 6.07) is 23.4. The van der Waals surface area contributed by atoms with E-state index in [0.29, 0.717) is 10.6 Å². The van der Waals surface area contributed by atoms with Crippen LogP contribution in [0.15, 0.2) is 72.8 Å². The fraction of sp³-hybridized carbons (Fsp3) is 0.310. The van der Waals surface area contributed by atoms with Crippen LogP contribution in [-0.4, -0.2) is 66.2 Å². The molecule has 1 aliphatic rings. The van der Waals surface area contributed by atoms with Crippen molar-refractivity contribution in [2.75, 3.05) is 38.6 Å². The Bertz CT molecular complexity index is 1240. The normalized spacial score (nSPS) is 14.4. The molecular weight excluding hydrogens is 547 g/mol. The lowest BCUT2D eigenvalue weighted by Gasteiger charge is -2.22. The molecule has 1 amide bonds. The summed E-state index contributed by atoms with van der Waals surface area (Å²) < 4.78 is 37.0. The fourth-order valence-electron chi connectivity index (χ4n) is 4.09. The molecule has 7 nitrogen and oxygen atoms in total. The van der Waals surface area contributed by atoms with Crippen LogP contribution in [0.2, 0.25) is 5.02 Å². The van der Waals surface area contributed by atoms with Crippen molar-refractivity contribution in [2.24, 2.45) is 0 Å². The smallest absolute Gasteiger partial charge is 0.490 e. The monoisotopic (exact) mass is 577 g/mol. The lowest BCUT2D eigenvalue weighted by Crippen LogP contribution is -2.30. The topological polar surface area (TPSA) is 82.1 Å². The van der Waals surface area contributed by atoms with Crippen LogP contribution >= 0.6 is 11.6 Å². The number of aliphatic carboxylic acids is 1. The van der Waals surface area contributed by atoms with Crippen molar-refractivity contribution >= 4 is 29.2 Å². The Labute approximate surface area is 236 Å². The van der Waals surface area contributed by atoms with E-state index in [1.54, 1.807) is 31.4 Å². The maximum absolute atomic E-state index is 12.5. The number of carbonyl (C=O) groups excluding carboxylic acids is 1. The number of rotatable bonds is 7. The zero-order chi connectivity index (χ0) is 29.1. The Kier molecular flexibility index (Phi) is 11.4. The maximum Gasteiger partial charge on any atom is 0.490 e. The zero-order valence-electron chi connectivity index (χ0n) is 22.0. The van der Waals surface area contributed by atoms with Crippen molar-refractivity contribution < 1.29 is 32.6 Å². The van der Waals surface area contributed by atoms with Gasteiger partial charge < -0.3 is 15.2 Å². The van der Waals surface area contributed by atoms with Gasteiger partial charge in [-0.1, -0.05) is 35.9 Å². The molecule has 1 saturated heterocycles. The highest BCUT2D eigenvalue weighted by Crippen LogP contribution is 2.17. The molecule has 11 heteroatoms. The number of ether oxygens (including phenoxy) is 1. The van der Waals surface area contributed by atoms with Gasteiger partial charge in [-0.15, -0.1) is 0 Å². The molecule has 1 heterocycles. The van der Waals surface area contributed by atoms with Gasteiger partial charge in [0.2, 0.25) is 0 Å². The van der Waals surface area contributed by atoms with E-state index in [1.165, 1.54) is 11.1 Å². The molecule has 3 aromatic carbocycles. The molecule has 0 atom stereocenters. The van der Waals surface area contributed by atoms with Crippen molar-refractivity contribution in [3.05, 3.63) is 94.5 Å². The van der Waals surface area contributed by atoms with E-state index in [9.17, 15) is 18.0 Å². The van der Waals surface area contributed by atoms with Crippen LogP contribution in [-0.2, 0) is 17.9 Å². The molecule has 40 heavy (non-hydrogen) atoms. The number of halogens is 4. The van der Waals surface area contributed by atoms with Crippen LogP contribution in [0.3, 0.4) is 0 Å². The second-order valence-corrected chi connectivity index (χ2v) is 9.65. The van der Waals surface area contributed by atoms with Crippen LogP contribution in [0.25, 0.3) is 0 Å². The second-order valence-electron chi connectivity index (χ2n) is 9.21. The molecule has 4 rings (SSSR count). The molecular formula is C29H31ClF3N3O4. The molecule has 0 unspecified atom stereocenters. The van der Waals surface area contributed by atoms with E-state index in [-0.39, 0.29) is 5.91 Å². The molecule has 1 aliphatic heterocycles. The number of hydrogen-bond acceptors (Lipinski definition) is 5. The van der Waals surface area contributed by atoms with Gasteiger partial charge >= 0.3 is 12.1 Å². The third-order valence-corrected chi connectivity index (χ3v) is 6.47. The molecule has 2 N–H and O–H groups in total. The third-order valence-electron chi connectivity index (χ3n) is 6.21. The van der Waals surface area contributed by atoms with Crippen molar-refractivity contribution in [1.29, 1.82) is 0 Å². The summed E-state index contributed by atoms with van der Waals surface area (Å²) in [4.78, 5) is 26.4. The zero-order valence-corrected chi connectivity index (χ0v) is 22.7. The number of methoxy groups -OCH3 is 1. The van der Waals surface area contributed by atoms with Gasteiger partial charge in [0.15, 0.2) is 0 Å². The number of carbonyl (C=O) groups is 2. The highest BCUT2D eigenvalue weighted by molar-refractivity contribution is 6.30. The average molecular weight is 578 g/mol. The number of benzene rings is 3. The van der Waals surface area contributed by atoms with Gasteiger partial charge in [0.05, 0.1) is 7.11 Å². The van der Waals surface area contributed by atoms with E-state index >= 15 is 0 Å². The van der Waals surface area contributed by atoms with Gasteiger partial charge in [0.25, 0.3) is 5.91 Å². The number of anilines is 1. The van der Waals surface area contributed by atoms with Crippen molar-refractivity contribution in [2.45, 2.75) is 25.7 Å². The standard InChI is InChI=1S/C27H30ClN3O2.C2HF3O2/c1-33-26-13-5-22(6-14-26)20-31-16-2-15-30(17-18-31)19-21-3-7-23(8-4-21)27(32)29-25-11-9-24(28)10-12-25;3-2(4,5)1(6)7/h3-14H,2,15-20H2,1H3,(H,29,32);(H,6,7). The van der Waals surface area contributed by atoms with Crippen molar-refractivity contribution in [1.82, 2.24) is 9.80 Å². The molecule has 0 bridgehead atoms. The van der Waals surface area contributed by atoms with E-state index in [0.717, 1.165) is 57.1 Å². The average Bonchev–Trinajstić information content (AvgIpc) is 3.15. The molecule has 0 aromatic heterocycles. The minimum absolute atomic E-state index is 0.118. The van der Waals surface area contributed by atoms with E-state index in [1.807, 2.05) is 24.3 Å². The van der Waals surface area contributed by atoms with Crippen LogP contribution < -0.4 is 10.1 Å². The Hall–Kier alpha value is -3.60. The number of carboxylic acids is 1. The lowest BCUT2D eigenvalue weighted by molar-refractivity contribution is -0.192. The SMILES string of the molecule is COc1ccc(CN2CCCN(Cc3ccc(C(=O)Nc4ccc(Cl)cc4)cc3)CC2)cc1.O=C(O)C(F)(F)F. The highest BCUT2D eigenvalue weighted by Gasteiger charge is 2.38. The van der Waals surface area contributed by atoms with Crippen LogP contribution in [0.4, 0.5) is 18.9 Å². The number of alkyl halides is 3. The Morgan fingerprint density at radius 2 is 1.32 bits per heavy atom. The molecule has 0 radical (unpaired) electrons. The second kappa shape index (κ2) is 14.7. The van der Waals surface area contributed by atoms with E-state index in [4.69, 9.17) is 26.2 Å². The summed E-state index contributed by atoms with van der Waals surface area (Å²) in [5.74, 6) is -1.98. The molecule has 0 spiro atoms. The molecule has 1 fully saturated rings. The summed E-state index contributed by atoms with van der Waals surface area (Å²) in [5, 5.41) is 10.7. The largest absolute Gasteiger partial charge is 0.497 e. The fourth-order valence-corrected chi connectivity index (χ4v) is 4.21. The first-order valence-corrected chi connectivity index (χ1v) is 12.9. The first-order chi connectivity index (χ1) is 19.0. The number of hydrogen-bond donors (Lipinski definition) is 2. The van der Waals surface area contributed by atoms with Crippen LogP contribution in [0.1, 0.15) is 27.9 Å². The maximum atomic E-state index is 12.5. The first kappa shape index (κ1) is 30.9. The third kappa shape index (κ3) is 10.2. The summed E-state index contributed by atoms with van der Waals surface area (Å²) in [7, 11) is 1.70. The van der Waals surface area contributed by atoms with Gasteiger partial charge in [-0.25, -0.2) is 4.79 Å².